The van der Waals surface area contributed by atoms with Crippen LogP contribution in [0.3, 0.4) is 0 Å². The summed E-state index contributed by atoms with van der Waals surface area (Å²) in [6.07, 6.45) is 0.578. The largest absolute Gasteiger partial charge is 0.492 e. The van der Waals surface area contributed by atoms with E-state index in [0.29, 0.717) is 35.3 Å². The number of hydrogen-bond donors (Lipinski definition) is 2. The van der Waals surface area contributed by atoms with Crippen LogP contribution >= 0.6 is 23.8 Å². The molecule has 4 rings (SSSR count). The summed E-state index contributed by atoms with van der Waals surface area (Å²) in [7, 11) is 0. The Morgan fingerprint density at radius 2 is 1.91 bits per heavy atom. The minimum atomic E-state index is -0.361. The Morgan fingerprint density at radius 1 is 1.12 bits per heavy atom. The summed E-state index contributed by atoms with van der Waals surface area (Å²) in [6.45, 7) is 2.36. The highest BCUT2D eigenvalue weighted by Crippen LogP contribution is 2.25. The second-order valence-corrected chi connectivity index (χ2v) is 7.75. The van der Waals surface area contributed by atoms with Gasteiger partial charge in [-0.3, -0.25) is 10.1 Å². The molecule has 0 aliphatic heterocycles. The third kappa shape index (κ3) is 5.25. The summed E-state index contributed by atoms with van der Waals surface area (Å²) in [6, 6.07) is 20.2. The fourth-order valence-corrected chi connectivity index (χ4v) is 3.57. The van der Waals surface area contributed by atoms with E-state index in [-0.39, 0.29) is 11.0 Å². The van der Waals surface area contributed by atoms with Gasteiger partial charge in [0.05, 0.1) is 11.6 Å². The van der Waals surface area contributed by atoms with Crippen LogP contribution in [-0.2, 0) is 6.42 Å². The van der Waals surface area contributed by atoms with Gasteiger partial charge in [-0.25, -0.2) is 4.98 Å². The van der Waals surface area contributed by atoms with Crippen molar-refractivity contribution in [1.82, 2.24) is 10.3 Å². The summed E-state index contributed by atoms with van der Waals surface area (Å²) in [5, 5.41) is 6.21. The number of thiocarbonyl (C=S) groups is 1. The van der Waals surface area contributed by atoms with E-state index < -0.39 is 0 Å². The first-order valence-electron chi connectivity index (χ1n) is 10.00. The molecule has 0 aliphatic carbocycles. The molecule has 0 spiro atoms. The van der Waals surface area contributed by atoms with E-state index in [0.717, 1.165) is 22.4 Å². The van der Waals surface area contributed by atoms with Crippen molar-refractivity contribution in [2.24, 2.45) is 0 Å². The SMILES string of the molecule is CCOc1ccc(C(=O)NC(=S)Nc2ccc(Cc3nc4ccccc4o3)cc2)cc1Cl. The lowest BCUT2D eigenvalue weighted by Gasteiger charge is -2.11. The Balaban J connectivity index is 1.34. The first-order valence-corrected chi connectivity index (χ1v) is 10.8. The molecule has 162 valence electrons. The van der Waals surface area contributed by atoms with Crippen LogP contribution in [0.1, 0.15) is 28.7 Å². The zero-order valence-electron chi connectivity index (χ0n) is 17.2. The monoisotopic (exact) mass is 465 g/mol. The van der Waals surface area contributed by atoms with Crippen molar-refractivity contribution >= 4 is 51.6 Å². The van der Waals surface area contributed by atoms with Gasteiger partial charge in [-0.1, -0.05) is 35.9 Å². The number of nitrogens with one attached hydrogen (secondary N) is 2. The molecular formula is C24H20ClN3O3S. The molecule has 0 radical (unpaired) electrons. The molecule has 0 saturated carbocycles. The highest BCUT2D eigenvalue weighted by molar-refractivity contribution is 7.80. The lowest BCUT2D eigenvalue weighted by molar-refractivity contribution is 0.0977. The van der Waals surface area contributed by atoms with Gasteiger partial charge in [-0.05, 0) is 67.2 Å². The number of hydrogen-bond acceptors (Lipinski definition) is 5. The molecule has 1 heterocycles. The van der Waals surface area contributed by atoms with Gasteiger partial charge in [-0.15, -0.1) is 0 Å². The number of nitrogens with zero attached hydrogens (tertiary/aromatic N) is 1. The molecule has 8 heteroatoms. The van der Waals surface area contributed by atoms with E-state index in [1.807, 2.05) is 55.5 Å². The Hall–Kier alpha value is -3.42. The number of carbonyl (C=O) groups is 1. The van der Waals surface area contributed by atoms with Gasteiger partial charge in [0.25, 0.3) is 5.91 Å². The molecule has 3 aromatic carbocycles. The summed E-state index contributed by atoms with van der Waals surface area (Å²) < 4.78 is 11.2. The Kier molecular flexibility index (Phi) is 6.68. The van der Waals surface area contributed by atoms with Crippen LogP contribution in [0, 0.1) is 0 Å². The van der Waals surface area contributed by atoms with E-state index in [2.05, 4.69) is 15.6 Å². The van der Waals surface area contributed by atoms with Gasteiger partial charge in [0, 0.05) is 17.7 Å². The number of carbonyl (C=O) groups excluding carboxylic acids is 1. The number of ether oxygens (including phenoxy) is 1. The highest BCUT2D eigenvalue weighted by Gasteiger charge is 2.11. The molecule has 1 aromatic heterocycles. The standard InChI is InChI=1S/C24H20ClN3O3S/c1-2-30-20-12-9-16(14-18(20)25)23(29)28-24(32)26-17-10-7-15(8-11-17)13-22-27-19-5-3-4-6-21(19)31-22/h3-12,14H,2,13H2,1H3,(H2,26,28,29,32). The molecule has 0 bridgehead atoms. The van der Waals surface area contributed by atoms with E-state index in [9.17, 15) is 4.79 Å². The van der Waals surface area contributed by atoms with Gasteiger partial charge in [0.2, 0.25) is 0 Å². The first kappa shape index (κ1) is 21.8. The number of oxazole rings is 1. The lowest BCUT2D eigenvalue weighted by atomic mass is 10.1. The van der Waals surface area contributed by atoms with Crippen molar-refractivity contribution in [2.45, 2.75) is 13.3 Å². The topological polar surface area (TPSA) is 76.4 Å². The van der Waals surface area contributed by atoms with E-state index in [1.165, 1.54) is 0 Å². The number of rotatable bonds is 6. The van der Waals surface area contributed by atoms with Gasteiger partial charge >= 0.3 is 0 Å². The maximum Gasteiger partial charge on any atom is 0.257 e. The van der Waals surface area contributed by atoms with E-state index in [4.69, 9.17) is 33.0 Å². The number of para-hydroxylation sites is 2. The van der Waals surface area contributed by atoms with Crippen molar-refractivity contribution < 1.29 is 13.9 Å². The lowest BCUT2D eigenvalue weighted by Crippen LogP contribution is -2.34. The summed E-state index contributed by atoms with van der Waals surface area (Å²) in [5.41, 5.74) is 3.80. The van der Waals surface area contributed by atoms with Gasteiger partial charge in [-0.2, -0.15) is 0 Å². The van der Waals surface area contributed by atoms with Crippen molar-refractivity contribution in [1.29, 1.82) is 0 Å². The van der Waals surface area contributed by atoms with Crippen molar-refractivity contribution in [3.8, 4) is 5.75 Å². The number of anilines is 1. The predicted octanol–water partition coefficient (Wildman–Crippen LogP) is 5.60. The normalized spacial score (nSPS) is 10.7. The molecule has 1 amide bonds. The fourth-order valence-electron chi connectivity index (χ4n) is 3.13. The molecule has 4 aromatic rings. The van der Waals surface area contributed by atoms with Gasteiger partial charge in [0.1, 0.15) is 11.3 Å². The first-order chi connectivity index (χ1) is 15.5. The van der Waals surface area contributed by atoms with Crippen LogP contribution < -0.4 is 15.4 Å². The second kappa shape index (κ2) is 9.80. The molecule has 0 fully saturated rings. The number of fused-ring (bicyclic) bond motifs is 1. The molecule has 6 nitrogen and oxygen atoms in total. The predicted molar refractivity (Wildman–Crippen MR) is 130 cm³/mol. The smallest absolute Gasteiger partial charge is 0.257 e. The van der Waals surface area contributed by atoms with Crippen LogP contribution in [0.5, 0.6) is 5.75 Å². The van der Waals surface area contributed by atoms with Crippen molar-refractivity contribution in [3.05, 3.63) is 88.8 Å². The summed E-state index contributed by atoms with van der Waals surface area (Å²) in [4.78, 5) is 16.9. The van der Waals surface area contributed by atoms with Gasteiger partial charge < -0.3 is 14.5 Å². The average molecular weight is 466 g/mol. The molecular weight excluding hydrogens is 446 g/mol. The summed E-state index contributed by atoms with van der Waals surface area (Å²) in [5.74, 6) is 0.827. The summed E-state index contributed by atoms with van der Waals surface area (Å²) >= 11 is 11.4. The maximum absolute atomic E-state index is 12.4. The van der Waals surface area contributed by atoms with Crippen molar-refractivity contribution in [3.63, 3.8) is 0 Å². The molecule has 0 atom stereocenters. The van der Waals surface area contributed by atoms with Gasteiger partial charge in [0.15, 0.2) is 16.6 Å². The number of benzene rings is 3. The molecule has 0 aliphatic rings. The van der Waals surface area contributed by atoms with Crippen LogP contribution in [0.15, 0.2) is 71.1 Å². The van der Waals surface area contributed by atoms with E-state index in [1.54, 1.807) is 18.2 Å². The Labute approximate surface area is 195 Å². The van der Waals surface area contributed by atoms with Crippen LogP contribution in [0.4, 0.5) is 5.69 Å². The number of aromatic nitrogens is 1. The zero-order chi connectivity index (χ0) is 22.5. The molecule has 0 saturated heterocycles. The quantitative estimate of drug-likeness (QED) is 0.361. The third-order valence-electron chi connectivity index (χ3n) is 4.63. The highest BCUT2D eigenvalue weighted by atomic mass is 35.5. The minimum absolute atomic E-state index is 0.187. The Bertz CT molecular complexity index is 1240. The second-order valence-electron chi connectivity index (χ2n) is 6.94. The van der Waals surface area contributed by atoms with E-state index >= 15 is 0 Å². The zero-order valence-corrected chi connectivity index (χ0v) is 18.8. The number of amides is 1. The Morgan fingerprint density at radius 3 is 2.62 bits per heavy atom. The van der Waals surface area contributed by atoms with Crippen LogP contribution in [0.25, 0.3) is 11.1 Å². The fraction of sp³-hybridized carbons (Fsp3) is 0.125. The maximum atomic E-state index is 12.4. The van der Waals surface area contributed by atoms with Crippen molar-refractivity contribution in [2.75, 3.05) is 11.9 Å². The molecule has 0 unspecified atom stereocenters. The average Bonchev–Trinajstić information content (AvgIpc) is 3.19. The molecule has 32 heavy (non-hydrogen) atoms. The van der Waals surface area contributed by atoms with Crippen LogP contribution in [0.2, 0.25) is 5.02 Å². The number of halogens is 1. The minimum Gasteiger partial charge on any atom is -0.492 e. The van der Waals surface area contributed by atoms with Crippen LogP contribution in [-0.4, -0.2) is 22.6 Å². The third-order valence-corrected chi connectivity index (χ3v) is 5.13. The molecule has 2 N–H and O–H groups in total.